The van der Waals surface area contributed by atoms with Crippen molar-refractivity contribution in [2.75, 3.05) is 0 Å². The highest BCUT2D eigenvalue weighted by molar-refractivity contribution is 6.51. The van der Waals surface area contributed by atoms with Gasteiger partial charge in [0.2, 0.25) is 0 Å². The fourth-order valence-corrected chi connectivity index (χ4v) is 2.69. The quantitative estimate of drug-likeness (QED) is 0.875. The number of aromatic nitrogens is 2. The molecule has 6 nitrogen and oxygen atoms in total. The van der Waals surface area contributed by atoms with E-state index < -0.39 is 0 Å². The van der Waals surface area contributed by atoms with E-state index in [1.807, 2.05) is 51.2 Å². The van der Waals surface area contributed by atoms with E-state index in [0.29, 0.717) is 17.1 Å². The number of allylic oxidation sites excluding steroid dienone is 2. The SMILES string of the molecule is CC1=CC(=Nc2c(C)n(C)n(-c3ccccc3)c2=O)C(=N)CC1=N. The first kappa shape index (κ1) is 15.9. The van der Waals surface area contributed by atoms with Crippen molar-refractivity contribution in [2.45, 2.75) is 20.3 Å². The maximum atomic E-state index is 12.8. The Bertz CT molecular complexity index is 957. The van der Waals surface area contributed by atoms with Gasteiger partial charge in [-0.25, -0.2) is 9.67 Å². The van der Waals surface area contributed by atoms with Crippen molar-refractivity contribution in [1.29, 1.82) is 10.8 Å². The number of rotatable bonds is 2. The maximum Gasteiger partial charge on any atom is 0.297 e. The molecular weight excluding hydrogens is 302 g/mol. The molecule has 0 saturated heterocycles. The summed E-state index contributed by atoms with van der Waals surface area (Å²) in [7, 11) is 1.82. The average molecular weight is 321 g/mol. The Labute approximate surface area is 139 Å². The first-order chi connectivity index (χ1) is 11.4. The second-order valence-electron chi connectivity index (χ2n) is 5.87. The molecule has 0 fully saturated rings. The van der Waals surface area contributed by atoms with Gasteiger partial charge < -0.3 is 10.8 Å². The van der Waals surface area contributed by atoms with E-state index in [2.05, 4.69) is 4.99 Å². The van der Waals surface area contributed by atoms with Crippen molar-refractivity contribution in [3.8, 4) is 5.69 Å². The summed E-state index contributed by atoms with van der Waals surface area (Å²) >= 11 is 0. The summed E-state index contributed by atoms with van der Waals surface area (Å²) in [6.07, 6.45) is 1.95. The van der Waals surface area contributed by atoms with E-state index in [-0.39, 0.29) is 17.7 Å². The smallest absolute Gasteiger partial charge is 0.297 e. The third-order valence-corrected chi connectivity index (χ3v) is 4.25. The Morgan fingerprint density at radius 2 is 1.75 bits per heavy atom. The lowest BCUT2D eigenvalue weighted by Crippen LogP contribution is -2.23. The minimum Gasteiger partial charge on any atom is -0.305 e. The molecular formula is C18H19N5O. The minimum absolute atomic E-state index is 0.215. The monoisotopic (exact) mass is 321 g/mol. The van der Waals surface area contributed by atoms with Crippen molar-refractivity contribution in [3.05, 3.63) is 58.0 Å². The highest BCUT2D eigenvalue weighted by Crippen LogP contribution is 2.19. The van der Waals surface area contributed by atoms with Crippen molar-refractivity contribution in [2.24, 2.45) is 12.0 Å². The molecule has 6 heteroatoms. The zero-order valence-electron chi connectivity index (χ0n) is 13.9. The molecule has 2 aromatic rings. The molecule has 0 spiro atoms. The molecule has 0 saturated carbocycles. The van der Waals surface area contributed by atoms with E-state index in [4.69, 9.17) is 10.8 Å². The molecule has 122 valence electrons. The molecule has 0 radical (unpaired) electrons. The van der Waals surface area contributed by atoms with Gasteiger partial charge in [0.25, 0.3) is 5.56 Å². The number of nitrogens with zero attached hydrogens (tertiary/aromatic N) is 3. The normalized spacial score (nSPS) is 16.6. The molecule has 1 aliphatic rings. The van der Waals surface area contributed by atoms with Crippen LogP contribution in [0.2, 0.25) is 0 Å². The van der Waals surface area contributed by atoms with Crippen molar-refractivity contribution in [3.63, 3.8) is 0 Å². The molecule has 1 aliphatic carbocycles. The lowest BCUT2D eigenvalue weighted by Gasteiger charge is -2.13. The number of benzene rings is 1. The molecule has 0 unspecified atom stereocenters. The van der Waals surface area contributed by atoms with E-state index in [1.54, 1.807) is 15.4 Å². The first-order valence-electron chi connectivity index (χ1n) is 7.66. The van der Waals surface area contributed by atoms with Gasteiger partial charge in [-0.05, 0) is 37.6 Å². The molecule has 3 rings (SSSR count). The predicted octanol–water partition coefficient (Wildman–Crippen LogP) is 2.95. The van der Waals surface area contributed by atoms with Crippen LogP contribution in [0.25, 0.3) is 5.69 Å². The standard InChI is InChI=1S/C18H19N5O/c1-11-9-16(15(20)10-14(11)19)21-17-12(2)22(3)23(18(17)24)13-7-5-4-6-8-13/h4-9,19-20H,10H2,1-3H3. The van der Waals surface area contributed by atoms with Gasteiger partial charge >= 0.3 is 0 Å². The molecule has 2 N–H and O–H groups in total. The lowest BCUT2D eigenvalue weighted by atomic mass is 9.95. The summed E-state index contributed by atoms with van der Waals surface area (Å²) in [6.45, 7) is 3.66. The highest BCUT2D eigenvalue weighted by atomic mass is 16.1. The Morgan fingerprint density at radius 1 is 1.08 bits per heavy atom. The van der Waals surface area contributed by atoms with Gasteiger partial charge in [0, 0.05) is 19.2 Å². The Morgan fingerprint density at radius 3 is 2.42 bits per heavy atom. The number of para-hydroxylation sites is 1. The Balaban J connectivity index is 2.18. The third kappa shape index (κ3) is 2.56. The zero-order chi connectivity index (χ0) is 17.4. The number of hydrogen-bond acceptors (Lipinski definition) is 4. The molecule has 0 atom stereocenters. The largest absolute Gasteiger partial charge is 0.305 e. The van der Waals surface area contributed by atoms with Crippen LogP contribution in [-0.2, 0) is 7.05 Å². The summed E-state index contributed by atoms with van der Waals surface area (Å²) in [5, 5.41) is 15.8. The average Bonchev–Trinajstić information content (AvgIpc) is 2.77. The highest BCUT2D eigenvalue weighted by Gasteiger charge is 2.20. The molecule has 0 bridgehead atoms. The third-order valence-electron chi connectivity index (χ3n) is 4.25. The van der Waals surface area contributed by atoms with Gasteiger partial charge in [0.15, 0.2) is 5.69 Å². The van der Waals surface area contributed by atoms with Crippen LogP contribution in [0.5, 0.6) is 0 Å². The van der Waals surface area contributed by atoms with Crippen molar-refractivity contribution < 1.29 is 0 Å². The van der Waals surface area contributed by atoms with Gasteiger partial charge in [-0.2, -0.15) is 0 Å². The maximum absolute atomic E-state index is 12.8. The van der Waals surface area contributed by atoms with E-state index in [0.717, 1.165) is 17.0 Å². The van der Waals surface area contributed by atoms with E-state index in [1.165, 1.54) is 0 Å². The van der Waals surface area contributed by atoms with Crippen LogP contribution in [0.4, 0.5) is 5.69 Å². The molecule has 0 amide bonds. The zero-order valence-corrected chi connectivity index (χ0v) is 13.9. The number of hydrogen-bond donors (Lipinski definition) is 2. The predicted molar refractivity (Wildman–Crippen MR) is 96.7 cm³/mol. The Hall–Kier alpha value is -3.02. The van der Waals surface area contributed by atoms with Crippen LogP contribution in [0.15, 0.2) is 51.8 Å². The summed E-state index contributed by atoms with van der Waals surface area (Å²) in [6, 6.07) is 9.39. The second-order valence-corrected chi connectivity index (χ2v) is 5.87. The van der Waals surface area contributed by atoms with Gasteiger partial charge in [0.05, 0.1) is 22.8 Å². The molecule has 1 aromatic carbocycles. The molecule has 1 heterocycles. The number of aliphatic imine (C=N–C) groups is 1. The fourth-order valence-electron chi connectivity index (χ4n) is 2.69. The number of nitrogens with one attached hydrogen (secondary N) is 2. The van der Waals surface area contributed by atoms with Crippen LogP contribution < -0.4 is 5.56 Å². The van der Waals surface area contributed by atoms with Gasteiger partial charge in [-0.1, -0.05) is 18.2 Å². The van der Waals surface area contributed by atoms with Crippen molar-refractivity contribution in [1.82, 2.24) is 9.36 Å². The van der Waals surface area contributed by atoms with Crippen LogP contribution in [0.1, 0.15) is 19.0 Å². The topological polar surface area (TPSA) is 87.0 Å². The molecule has 0 aliphatic heterocycles. The van der Waals surface area contributed by atoms with E-state index >= 15 is 0 Å². The first-order valence-corrected chi connectivity index (χ1v) is 7.66. The lowest BCUT2D eigenvalue weighted by molar-refractivity contribution is 0.630. The van der Waals surface area contributed by atoms with Crippen LogP contribution >= 0.6 is 0 Å². The van der Waals surface area contributed by atoms with Crippen LogP contribution in [0.3, 0.4) is 0 Å². The minimum atomic E-state index is -0.215. The second kappa shape index (κ2) is 5.88. The van der Waals surface area contributed by atoms with Crippen LogP contribution in [-0.4, -0.2) is 26.5 Å². The fraction of sp³-hybridized carbons (Fsp3) is 0.222. The molecule has 24 heavy (non-hydrogen) atoms. The summed E-state index contributed by atoms with van der Waals surface area (Å²) in [5.74, 6) is 0. The summed E-state index contributed by atoms with van der Waals surface area (Å²) < 4.78 is 3.34. The van der Waals surface area contributed by atoms with Gasteiger partial charge in [-0.3, -0.25) is 9.48 Å². The van der Waals surface area contributed by atoms with Gasteiger partial charge in [-0.15, -0.1) is 0 Å². The van der Waals surface area contributed by atoms with E-state index in [9.17, 15) is 4.79 Å². The van der Waals surface area contributed by atoms with Crippen molar-refractivity contribution >= 4 is 22.8 Å². The van der Waals surface area contributed by atoms with Crippen LogP contribution in [0, 0.1) is 17.7 Å². The summed E-state index contributed by atoms with van der Waals surface area (Å²) in [4.78, 5) is 17.3. The summed E-state index contributed by atoms with van der Waals surface area (Å²) in [5.41, 5.74) is 3.54. The Kier molecular flexibility index (Phi) is 3.89. The van der Waals surface area contributed by atoms with Gasteiger partial charge in [0.1, 0.15) is 0 Å². The molecule has 1 aromatic heterocycles.